The molecular weight excluding hydrogens is 268 g/mol. The van der Waals surface area contributed by atoms with Gasteiger partial charge in [-0.2, -0.15) is 0 Å². The lowest BCUT2D eigenvalue weighted by molar-refractivity contribution is 0.0602. The van der Waals surface area contributed by atoms with Crippen molar-refractivity contribution >= 4 is 23.3 Å². The number of nitrogens with two attached hydrogens (primary N) is 1. The molecule has 0 aliphatic carbocycles. The first-order valence-electron chi connectivity index (χ1n) is 6.37. The number of aryl methyl sites for hydroxylation is 1. The Morgan fingerprint density at radius 1 is 1.10 bits per heavy atom. The van der Waals surface area contributed by atoms with Gasteiger partial charge < -0.3 is 15.8 Å². The Morgan fingerprint density at radius 3 is 2.52 bits per heavy atom. The van der Waals surface area contributed by atoms with Gasteiger partial charge in [-0.15, -0.1) is 0 Å². The number of esters is 1. The zero-order chi connectivity index (χ0) is 15.4. The molecule has 5 nitrogen and oxygen atoms in total. The molecule has 0 saturated heterocycles. The number of rotatable bonds is 3. The first-order chi connectivity index (χ1) is 10.0. The molecule has 0 aromatic heterocycles. The molecule has 1 amide bonds. The average molecular weight is 284 g/mol. The molecule has 0 fully saturated rings. The topological polar surface area (TPSA) is 81.4 Å². The van der Waals surface area contributed by atoms with Crippen LogP contribution >= 0.6 is 0 Å². The van der Waals surface area contributed by atoms with Crippen molar-refractivity contribution in [1.82, 2.24) is 0 Å². The molecule has 21 heavy (non-hydrogen) atoms. The minimum Gasteiger partial charge on any atom is -0.465 e. The fourth-order valence-corrected chi connectivity index (χ4v) is 1.95. The molecule has 0 unspecified atom stereocenters. The van der Waals surface area contributed by atoms with Gasteiger partial charge in [-0.1, -0.05) is 18.2 Å². The summed E-state index contributed by atoms with van der Waals surface area (Å²) >= 11 is 0. The second-order valence-electron chi connectivity index (χ2n) is 4.57. The van der Waals surface area contributed by atoms with Crippen molar-refractivity contribution in [3.8, 4) is 0 Å². The lowest BCUT2D eigenvalue weighted by Gasteiger charge is -2.11. The maximum absolute atomic E-state index is 12.3. The second-order valence-corrected chi connectivity index (χ2v) is 4.57. The van der Waals surface area contributed by atoms with E-state index in [1.807, 2.05) is 6.92 Å². The third-order valence-corrected chi connectivity index (χ3v) is 3.09. The lowest BCUT2D eigenvalue weighted by Crippen LogP contribution is -2.16. The fraction of sp³-hybridized carbons (Fsp3) is 0.125. The van der Waals surface area contributed by atoms with E-state index in [-0.39, 0.29) is 5.91 Å². The number of para-hydroxylation sites is 1. The van der Waals surface area contributed by atoms with Crippen molar-refractivity contribution in [3.05, 3.63) is 59.2 Å². The van der Waals surface area contributed by atoms with Gasteiger partial charge in [0.15, 0.2) is 0 Å². The van der Waals surface area contributed by atoms with Crippen LogP contribution in [-0.2, 0) is 4.74 Å². The van der Waals surface area contributed by atoms with Gasteiger partial charge in [-0.3, -0.25) is 4.79 Å². The number of nitrogen functional groups attached to an aromatic ring is 1. The minimum absolute atomic E-state index is 0.301. The number of hydrogen-bond acceptors (Lipinski definition) is 4. The van der Waals surface area contributed by atoms with E-state index in [1.165, 1.54) is 7.11 Å². The number of ether oxygens (including phenoxy) is 1. The highest BCUT2D eigenvalue weighted by atomic mass is 16.5. The van der Waals surface area contributed by atoms with Gasteiger partial charge >= 0.3 is 5.97 Å². The Bertz CT molecular complexity index is 696. The van der Waals surface area contributed by atoms with Crippen LogP contribution in [0.25, 0.3) is 0 Å². The summed E-state index contributed by atoms with van der Waals surface area (Å²) < 4.78 is 4.70. The normalized spacial score (nSPS) is 10.0. The van der Waals surface area contributed by atoms with Gasteiger partial charge in [0.25, 0.3) is 5.91 Å². The van der Waals surface area contributed by atoms with Gasteiger partial charge in [0.1, 0.15) is 0 Å². The van der Waals surface area contributed by atoms with E-state index in [9.17, 15) is 9.59 Å². The molecule has 0 atom stereocenters. The van der Waals surface area contributed by atoms with E-state index in [1.54, 1.807) is 42.5 Å². The van der Waals surface area contributed by atoms with Crippen molar-refractivity contribution in [2.45, 2.75) is 6.92 Å². The van der Waals surface area contributed by atoms with Crippen LogP contribution in [-0.4, -0.2) is 19.0 Å². The fourth-order valence-electron chi connectivity index (χ4n) is 1.95. The standard InChI is InChI=1S/C16H16N2O3/c1-10-7-8-11(17)9-13(10)15(19)18-14-6-4-3-5-12(14)16(20)21-2/h3-9H,17H2,1-2H3,(H,18,19). The van der Waals surface area contributed by atoms with E-state index in [0.717, 1.165) is 5.56 Å². The predicted molar refractivity (Wildman–Crippen MR) is 81.3 cm³/mol. The van der Waals surface area contributed by atoms with Crippen LogP contribution in [0.1, 0.15) is 26.3 Å². The molecule has 0 spiro atoms. The largest absolute Gasteiger partial charge is 0.465 e. The molecule has 0 bridgehead atoms. The number of nitrogens with one attached hydrogen (secondary N) is 1. The van der Waals surface area contributed by atoms with Crippen LogP contribution in [0.5, 0.6) is 0 Å². The molecular formula is C16H16N2O3. The van der Waals surface area contributed by atoms with Crippen LogP contribution in [0.4, 0.5) is 11.4 Å². The molecule has 2 rings (SSSR count). The van der Waals surface area contributed by atoms with E-state index in [4.69, 9.17) is 10.5 Å². The molecule has 0 saturated carbocycles. The molecule has 0 heterocycles. The Balaban J connectivity index is 2.32. The zero-order valence-electron chi connectivity index (χ0n) is 11.8. The molecule has 0 aliphatic heterocycles. The van der Waals surface area contributed by atoms with Crippen molar-refractivity contribution < 1.29 is 14.3 Å². The minimum atomic E-state index is -0.504. The molecule has 3 N–H and O–H groups in total. The van der Waals surface area contributed by atoms with E-state index >= 15 is 0 Å². The van der Waals surface area contributed by atoms with Gasteiger partial charge in [0.05, 0.1) is 18.4 Å². The van der Waals surface area contributed by atoms with Gasteiger partial charge in [0.2, 0.25) is 0 Å². The molecule has 2 aromatic carbocycles. The zero-order valence-corrected chi connectivity index (χ0v) is 11.8. The number of benzene rings is 2. The number of carbonyl (C=O) groups is 2. The summed E-state index contributed by atoms with van der Waals surface area (Å²) in [4.78, 5) is 24.0. The summed E-state index contributed by atoms with van der Waals surface area (Å²) in [5, 5.41) is 2.71. The highest BCUT2D eigenvalue weighted by Gasteiger charge is 2.15. The lowest BCUT2D eigenvalue weighted by atomic mass is 10.1. The summed E-state index contributed by atoms with van der Waals surface area (Å²) in [6.45, 7) is 1.82. The van der Waals surface area contributed by atoms with E-state index in [0.29, 0.717) is 22.5 Å². The first-order valence-corrected chi connectivity index (χ1v) is 6.37. The van der Waals surface area contributed by atoms with Crippen LogP contribution in [0, 0.1) is 6.92 Å². The summed E-state index contributed by atoms with van der Waals surface area (Å²) in [5.41, 5.74) is 8.18. The summed E-state index contributed by atoms with van der Waals surface area (Å²) in [6, 6.07) is 11.8. The number of anilines is 2. The maximum atomic E-state index is 12.3. The van der Waals surface area contributed by atoms with Gasteiger partial charge in [0, 0.05) is 11.3 Å². The Labute approximate surface area is 122 Å². The van der Waals surface area contributed by atoms with Crippen molar-refractivity contribution in [2.24, 2.45) is 0 Å². The maximum Gasteiger partial charge on any atom is 0.339 e. The molecule has 0 aliphatic rings. The van der Waals surface area contributed by atoms with E-state index in [2.05, 4.69) is 5.32 Å². The van der Waals surface area contributed by atoms with Crippen LogP contribution in [0.3, 0.4) is 0 Å². The monoisotopic (exact) mass is 284 g/mol. The Morgan fingerprint density at radius 2 is 1.81 bits per heavy atom. The van der Waals surface area contributed by atoms with Gasteiger partial charge in [-0.05, 0) is 36.8 Å². The van der Waals surface area contributed by atoms with Crippen molar-refractivity contribution in [3.63, 3.8) is 0 Å². The molecule has 108 valence electrons. The van der Waals surface area contributed by atoms with Crippen LogP contribution in [0.2, 0.25) is 0 Å². The number of amides is 1. The van der Waals surface area contributed by atoms with Crippen molar-refractivity contribution in [1.29, 1.82) is 0 Å². The predicted octanol–water partition coefficient (Wildman–Crippen LogP) is 2.62. The quantitative estimate of drug-likeness (QED) is 0.670. The summed E-state index contributed by atoms with van der Waals surface area (Å²) in [6.07, 6.45) is 0. The third kappa shape index (κ3) is 3.20. The van der Waals surface area contributed by atoms with Crippen LogP contribution < -0.4 is 11.1 Å². The summed E-state index contributed by atoms with van der Waals surface area (Å²) in [5.74, 6) is -0.827. The second kappa shape index (κ2) is 6.09. The SMILES string of the molecule is COC(=O)c1ccccc1NC(=O)c1cc(N)ccc1C. The molecule has 0 radical (unpaired) electrons. The summed E-state index contributed by atoms with van der Waals surface area (Å²) in [7, 11) is 1.29. The highest BCUT2D eigenvalue weighted by molar-refractivity contribution is 6.09. The first kappa shape index (κ1) is 14.6. The van der Waals surface area contributed by atoms with Crippen LogP contribution in [0.15, 0.2) is 42.5 Å². The third-order valence-electron chi connectivity index (χ3n) is 3.09. The smallest absolute Gasteiger partial charge is 0.339 e. The number of carbonyl (C=O) groups excluding carboxylic acids is 2. The average Bonchev–Trinajstić information content (AvgIpc) is 2.49. The van der Waals surface area contributed by atoms with E-state index < -0.39 is 5.97 Å². The number of methoxy groups -OCH3 is 1. The van der Waals surface area contributed by atoms with Crippen molar-refractivity contribution in [2.75, 3.05) is 18.2 Å². The highest BCUT2D eigenvalue weighted by Crippen LogP contribution is 2.19. The Hall–Kier alpha value is -2.82. The van der Waals surface area contributed by atoms with Gasteiger partial charge in [-0.25, -0.2) is 4.79 Å². The molecule has 5 heteroatoms. The number of hydrogen-bond donors (Lipinski definition) is 2. The molecule has 2 aromatic rings. The Kier molecular flexibility index (Phi) is 4.23.